The molecule has 1 aromatic rings. The number of methoxy groups -OCH3 is 1. The fourth-order valence-electron chi connectivity index (χ4n) is 1.05. The molecule has 0 saturated heterocycles. The highest BCUT2D eigenvalue weighted by atomic mass is 19.4. The Morgan fingerprint density at radius 3 is 1.83 bits per heavy atom. The monoisotopic (exact) mass is 281 g/mol. The molecule has 0 spiro atoms. The van der Waals surface area contributed by atoms with Crippen LogP contribution in [0.1, 0.15) is 5.56 Å². The normalized spacial score (nSPS) is 12.7. The van der Waals surface area contributed by atoms with Crippen LogP contribution in [0.15, 0.2) is 0 Å². The highest BCUT2D eigenvalue weighted by molar-refractivity contribution is 5.30. The highest BCUT2D eigenvalue weighted by Crippen LogP contribution is 2.46. The van der Waals surface area contributed by atoms with Gasteiger partial charge in [-0.3, -0.25) is 0 Å². The quantitative estimate of drug-likeness (QED) is 0.613. The van der Waals surface area contributed by atoms with E-state index in [4.69, 9.17) is 0 Å². The number of rotatable bonds is 2. The van der Waals surface area contributed by atoms with Crippen molar-refractivity contribution < 1.29 is 39.9 Å². The molecule has 0 aliphatic carbocycles. The summed E-state index contributed by atoms with van der Waals surface area (Å²) >= 11 is 0. The van der Waals surface area contributed by atoms with Gasteiger partial charge in [-0.25, -0.2) is 8.78 Å². The molecule has 0 amide bonds. The number of hydrogen-bond donors (Lipinski definition) is 0. The van der Waals surface area contributed by atoms with Gasteiger partial charge < -0.3 is 4.74 Å². The molecule has 0 saturated carbocycles. The molecule has 10 heteroatoms. The van der Waals surface area contributed by atoms with E-state index in [-0.39, 0.29) is 0 Å². The second-order valence-corrected chi connectivity index (χ2v) is 2.99. The van der Waals surface area contributed by atoms with Crippen molar-refractivity contribution in [2.75, 3.05) is 7.11 Å². The SMILES string of the molecule is COc1nc(F)c(F)c(C(F)(F)C(F)(F)F)c1F. The van der Waals surface area contributed by atoms with E-state index < -0.39 is 41.1 Å². The summed E-state index contributed by atoms with van der Waals surface area (Å²) in [7, 11) is 0.637. The topological polar surface area (TPSA) is 22.1 Å². The Labute approximate surface area is 94.2 Å². The molecule has 18 heavy (non-hydrogen) atoms. The van der Waals surface area contributed by atoms with Crippen LogP contribution in [-0.4, -0.2) is 18.3 Å². The van der Waals surface area contributed by atoms with Gasteiger partial charge in [0.25, 0.3) is 11.8 Å². The van der Waals surface area contributed by atoms with E-state index in [0.29, 0.717) is 7.11 Å². The van der Waals surface area contributed by atoms with Crippen molar-refractivity contribution >= 4 is 0 Å². The zero-order valence-corrected chi connectivity index (χ0v) is 8.38. The molecule has 0 unspecified atom stereocenters. The summed E-state index contributed by atoms with van der Waals surface area (Å²) in [4.78, 5) is 2.41. The van der Waals surface area contributed by atoms with Gasteiger partial charge in [0.15, 0.2) is 11.6 Å². The van der Waals surface area contributed by atoms with Crippen LogP contribution in [-0.2, 0) is 5.92 Å². The summed E-state index contributed by atoms with van der Waals surface area (Å²) in [6.07, 6.45) is -6.30. The third-order valence-corrected chi connectivity index (χ3v) is 1.87. The van der Waals surface area contributed by atoms with Crippen molar-refractivity contribution in [1.29, 1.82) is 0 Å². The Kier molecular flexibility index (Phi) is 3.41. The average molecular weight is 281 g/mol. The van der Waals surface area contributed by atoms with Crippen LogP contribution in [0.3, 0.4) is 0 Å². The molecule has 0 aromatic carbocycles. The van der Waals surface area contributed by atoms with Gasteiger partial charge in [0.1, 0.15) is 5.56 Å². The van der Waals surface area contributed by atoms with Gasteiger partial charge in [-0.1, -0.05) is 0 Å². The predicted octanol–water partition coefficient (Wildman–Crippen LogP) is 3.16. The molecule has 0 radical (unpaired) electrons. The number of pyridine rings is 1. The van der Waals surface area contributed by atoms with Crippen molar-refractivity contribution in [2.24, 2.45) is 0 Å². The molecule has 0 aliphatic heterocycles. The van der Waals surface area contributed by atoms with Gasteiger partial charge in [0, 0.05) is 0 Å². The van der Waals surface area contributed by atoms with Gasteiger partial charge >= 0.3 is 12.1 Å². The summed E-state index contributed by atoms with van der Waals surface area (Å²) in [5.41, 5.74) is -2.79. The van der Waals surface area contributed by atoms with Gasteiger partial charge in [-0.05, 0) is 0 Å². The van der Waals surface area contributed by atoms with E-state index >= 15 is 0 Å². The van der Waals surface area contributed by atoms with E-state index in [2.05, 4.69) is 9.72 Å². The van der Waals surface area contributed by atoms with Crippen molar-refractivity contribution in [3.05, 3.63) is 23.1 Å². The van der Waals surface area contributed by atoms with E-state index in [9.17, 15) is 35.1 Å². The van der Waals surface area contributed by atoms with E-state index in [0.717, 1.165) is 0 Å². The Balaban J connectivity index is 3.64. The largest absolute Gasteiger partial charge is 0.479 e. The molecule has 2 nitrogen and oxygen atoms in total. The third kappa shape index (κ3) is 2.06. The number of alkyl halides is 5. The van der Waals surface area contributed by atoms with E-state index in [1.807, 2.05) is 0 Å². The molecule has 1 aromatic heterocycles. The summed E-state index contributed by atoms with van der Waals surface area (Å²) in [6, 6.07) is 0. The lowest BCUT2D eigenvalue weighted by molar-refractivity contribution is -0.291. The molecule has 1 heterocycles. The van der Waals surface area contributed by atoms with Crippen LogP contribution in [0.25, 0.3) is 0 Å². The summed E-state index contributed by atoms with van der Waals surface area (Å²) in [6.45, 7) is 0. The maximum Gasteiger partial charge on any atom is 0.458 e. The number of ether oxygens (including phenoxy) is 1. The smallest absolute Gasteiger partial charge is 0.458 e. The third-order valence-electron chi connectivity index (χ3n) is 1.87. The molecule has 0 N–H and O–H groups in total. The minimum atomic E-state index is -6.30. The first-order valence-electron chi connectivity index (χ1n) is 4.07. The average Bonchev–Trinajstić information content (AvgIpc) is 2.21. The van der Waals surface area contributed by atoms with Crippen molar-refractivity contribution in [3.8, 4) is 5.88 Å². The van der Waals surface area contributed by atoms with Crippen LogP contribution in [0, 0.1) is 17.6 Å². The van der Waals surface area contributed by atoms with Gasteiger partial charge in [0.05, 0.1) is 7.11 Å². The first-order chi connectivity index (χ1) is 8.04. The van der Waals surface area contributed by atoms with Crippen LogP contribution in [0.4, 0.5) is 35.1 Å². The van der Waals surface area contributed by atoms with Crippen molar-refractivity contribution in [2.45, 2.75) is 12.1 Å². The lowest BCUT2D eigenvalue weighted by Crippen LogP contribution is -2.36. The predicted molar refractivity (Wildman–Crippen MR) is 40.6 cm³/mol. The Bertz CT molecular complexity index is 469. The fourth-order valence-corrected chi connectivity index (χ4v) is 1.05. The molecule has 0 aliphatic rings. The maximum absolute atomic E-state index is 13.2. The maximum atomic E-state index is 13.2. The van der Waals surface area contributed by atoms with Gasteiger partial charge in [0.2, 0.25) is 0 Å². The zero-order chi connectivity index (χ0) is 14.3. The van der Waals surface area contributed by atoms with E-state index in [1.165, 1.54) is 0 Å². The number of halogens is 8. The van der Waals surface area contributed by atoms with Crippen LogP contribution in [0.5, 0.6) is 5.88 Å². The lowest BCUT2D eigenvalue weighted by Gasteiger charge is -2.21. The Morgan fingerprint density at radius 1 is 0.944 bits per heavy atom. The zero-order valence-electron chi connectivity index (χ0n) is 8.38. The first kappa shape index (κ1) is 14.5. The summed E-state index contributed by atoms with van der Waals surface area (Å²) < 4.78 is 104. The van der Waals surface area contributed by atoms with Crippen molar-refractivity contribution in [1.82, 2.24) is 4.98 Å². The molecule has 1 rings (SSSR count). The second-order valence-electron chi connectivity index (χ2n) is 2.99. The lowest BCUT2D eigenvalue weighted by atomic mass is 10.1. The van der Waals surface area contributed by atoms with Crippen LogP contribution >= 0.6 is 0 Å². The standard InChI is InChI=1S/C8H3F8NO/c1-18-6-4(10)2(3(9)5(11)17-6)7(12,13)8(14,15)16/h1H3. The Morgan fingerprint density at radius 2 is 1.44 bits per heavy atom. The number of hydrogen-bond acceptors (Lipinski definition) is 2. The molecule has 102 valence electrons. The summed E-state index contributed by atoms with van der Waals surface area (Å²) in [5, 5.41) is 0. The fraction of sp³-hybridized carbons (Fsp3) is 0.375. The molecule has 0 bridgehead atoms. The van der Waals surface area contributed by atoms with Crippen molar-refractivity contribution in [3.63, 3.8) is 0 Å². The molecular weight excluding hydrogens is 278 g/mol. The second kappa shape index (κ2) is 4.25. The molecular formula is C8H3F8NO. The minimum Gasteiger partial charge on any atom is -0.479 e. The van der Waals surface area contributed by atoms with Crippen LogP contribution in [0.2, 0.25) is 0 Å². The van der Waals surface area contributed by atoms with Crippen LogP contribution < -0.4 is 4.74 Å². The number of nitrogens with zero attached hydrogens (tertiary/aromatic N) is 1. The highest BCUT2D eigenvalue weighted by Gasteiger charge is 2.62. The first-order valence-corrected chi connectivity index (χ1v) is 4.07. The Hall–Kier alpha value is -1.61. The molecule has 0 atom stereocenters. The van der Waals surface area contributed by atoms with Gasteiger partial charge in [-0.2, -0.15) is 31.3 Å². The summed E-state index contributed by atoms with van der Waals surface area (Å²) in [5.74, 6) is -14.9. The number of aromatic nitrogens is 1. The van der Waals surface area contributed by atoms with Gasteiger partial charge in [-0.15, -0.1) is 0 Å². The minimum absolute atomic E-state index is 0.637. The van der Waals surface area contributed by atoms with E-state index in [1.54, 1.807) is 0 Å². The molecule has 0 fully saturated rings.